The summed E-state index contributed by atoms with van der Waals surface area (Å²) >= 11 is 0. The fraction of sp³-hybridized carbons (Fsp3) is 0.500. The molecule has 4 rings (SSSR count). The maximum absolute atomic E-state index is 13.0. The molecule has 6 heteroatoms. The Morgan fingerprint density at radius 3 is 2.92 bits per heavy atom. The fourth-order valence-electron chi connectivity index (χ4n) is 3.82. The normalized spacial score (nSPS) is 23.0. The van der Waals surface area contributed by atoms with Gasteiger partial charge in [-0.1, -0.05) is 18.2 Å². The minimum Gasteiger partial charge on any atom is -0.492 e. The first-order valence-electron chi connectivity index (χ1n) is 8.54. The second kappa shape index (κ2) is 5.92. The number of aryl methyl sites for hydroxylation is 2. The molecular weight excluding hydrogens is 304 g/mol. The monoisotopic (exact) mass is 326 g/mol. The number of ether oxygens (including phenoxy) is 1. The van der Waals surface area contributed by atoms with Crippen molar-refractivity contribution in [3.63, 3.8) is 0 Å². The molecule has 0 saturated carbocycles. The Hall–Kier alpha value is -2.37. The van der Waals surface area contributed by atoms with Gasteiger partial charge in [0.1, 0.15) is 29.9 Å². The molecule has 2 aromatic rings. The molecule has 2 aliphatic rings. The Morgan fingerprint density at radius 2 is 2.12 bits per heavy atom. The van der Waals surface area contributed by atoms with E-state index in [9.17, 15) is 4.79 Å². The summed E-state index contributed by atoms with van der Waals surface area (Å²) in [6.07, 6.45) is 2.02. The number of hydrogen-bond acceptors (Lipinski definition) is 4. The smallest absolute Gasteiger partial charge is 0.233 e. The van der Waals surface area contributed by atoms with Crippen LogP contribution >= 0.6 is 0 Å². The molecule has 1 fully saturated rings. The summed E-state index contributed by atoms with van der Waals surface area (Å²) in [7, 11) is 0. The summed E-state index contributed by atoms with van der Waals surface area (Å²) in [5, 5.41) is 4.50. The van der Waals surface area contributed by atoms with E-state index in [1.54, 1.807) is 0 Å². The van der Waals surface area contributed by atoms with E-state index in [0.29, 0.717) is 13.2 Å². The van der Waals surface area contributed by atoms with Gasteiger partial charge in [0.15, 0.2) is 0 Å². The number of para-hydroxylation sites is 1. The molecule has 1 saturated heterocycles. The molecule has 1 aromatic heterocycles. The Balaban J connectivity index is 1.52. The number of carbonyl (C=O) groups is 1. The number of rotatable bonds is 2. The van der Waals surface area contributed by atoms with Gasteiger partial charge in [0.25, 0.3) is 0 Å². The van der Waals surface area contributed by atoms with Gasteiger partial charge in [0.2, 0.25) is 5.91 Å². The van der Waals surface area contributed by atoms with Crippen molar-refractivity contribution >= 4 is 5.91 Å². The van der Waals surface area contributed by atoms with Crippen LogP contribution in [-0.2, 0) is 4.79 Å². The highest BCUT2D eigenvalue weighted by Gasteiger charge is 2.35. The number of fused-ring (bicyclic) bond motifs is 1. The zero-order valence-electron chi connectivity index (χ0n) is 14.1. The zero-order chi connectivity index (χ0) is 16.7. The van der Waals surface area contributed by atoms with Crippen LogP contribution in [0.4, 0.5) is 0 Å². The van der Waals surface area contributed by atoms with Crippen molar-refractivity contribution in [2.24, 2.45) is 0 Å². The molecule has 0 unspecified atom stereocenters. The third-order valence-corrected chi connectivity index (χ3v) is 4.96. The SMILES string of the molecule is Cc1nc(C)n([C@H]2CCCN(C(=O)[C@H]3COc4ccccc43)C2)n1. The summed E-state index contributed by atoms with van der Waals surface area (Å²) in [6, 6.07) is 8.05. The van der Waals surface area contributed by atoms with Crippen LogP contribution in [-0.4, -0.2) is 45.3 Å². The van der Waals surface area contributed by atoms with Crippen LogP contribution in [0.1, 0.15) is 42.0 Å². The number of carbonyl (C=O) groups excluding carboxylic acids is 1. The van der Waals surface area contributed by atoms with Gasteiger partial charge in [-0.25, -0.2) is 9.67 Å². The zero-order valence-corrected chi connectivity index (χ0v) is 14.1. The van der Waals surface area contributed by atoms with Crippen molar-refractivity contribution < 1.29 is 9.53 Å². The van der Waals surface area contributed by atoms with E-state index in [4.69, 9.17) is 4.74 Å². The summed E-state index contributed by atoms with van der Waals surface area (Å²) < 4.78 is 7.66. The minimum atomic E-state index is -0.182. The van der Waals surface area contributed by atoms with Crippen LogP contribution in [0.15, 0.2) is 24.3 Å². The van der Waals surface area contributed by atoms with Crippen molar-refractivity contribution in [1.82, 2.24) is 19.7 Å². The molecule has 0 N–H and O–H groups in total. The van der Waals surface area contributed by atoms with Crippen molar-refractivity contribution in [1.29, 1.82) is 0 Å². The number of aromatic nitrogens is 3. The lowest BCUT2D eigenvalue weighted by Crippen LogP contribution is -2.43. The summed E-state index contributed by atoms with van der Waals surface area (Å²) in [4.78, 5) is 19.4. The quantitative estimate of drug-likeness (QED) is 0.849. The highest BCUT2D eigenvalue weighted by molar-refractivity contribution is 5.85. The molecule has 2 aliphatic heterocycles. The molecule has 1 amide bonds. The number of amides is 1. The molecular formula is C18H22N4O2. The molecule has 6 nitrogen and oxygen atoms in total. The second-order valence-corrected chi connectivity index (χ2v) is 6.63. The minimum absolute atomic E-state index is 0.166. The molecule has 0 aliphatic carbocycles. The molecule has 0 bridgehead atoms. The van der Waals surface area contributed by atoms with Crippen LogP contribution in [0.25, 0.3) is 0 Å². The Labute approximate surface area is 141 Å². The maximum atomic E-state index is 13.0. The van der Waals surface area contributed by atoms with Crippen molar-refractivity contribution in [3.8, 4) is 5.75 Å². The highest BCUT2D eigenvalue weighted by Crippen LogP contribution is 2.35. The van der Waals surface area contributed by atoms with E-state index in [0.717, 1.165) is 42.3 Å². The molecule has 24 heavy (non-hydrogen) atoms. The van der Waals surface area contributed by atoms with Gasteiger partial charge in [-0.3, -0.25) is 4.79 Å². The largest absolute Gasteiger partial charge is 0.492 e. The van der Waals surface area contributed by atoms with E-state index in [1.165, 1.54) is 0 Å². The first kappa shape index (κ1) is 15.2. The number of hydrogen-bond donors (Lipinski definition) is 0. The van der Waals surface area contributed by atoms with Crippen molar-refractivity contribution in [2.45, 2.75) is 38.6 Å². The van der Waals surface area contributed by atoms with Gasteiger partial charge < -0.3 is 9.64 Å². The molecule has 126 valence electrons. The van der Waals surface area contributed by atoms with E-state index in [-0.39, 0.29) is 17.9 Å². The molecule has 0 radical (unpaired) electrons. The van der Waals surface area contributed by atoms with Gasteiger partial charge in [-0.15, -0.1) is 0 Å². The van der Waals surface area contributed by atoms with Crippen molar-refractivity contribution in [2.75, 3.05) is 19.7 Å². The van der Waals surface area contributed by atoms with Gasteiger partial charge >= 0.3 is 0 Å². The van der Waals surface area contributed by atoms with Crippen LogP contribution in [0, 0.1) is 13.8 Å². The third kappa shape index (κ3) is 2.56. The number of piperidine rings is 1. The number of benzene rings is 1. The Bertz CT molecular complexity index is 770. The van der Waals surface area contributed by atoms with Crippen LogP contribution in [0.3, 0.4) is 0 Å². The van der Waals surface area contributed by atoms with Gasteiger partial charge in [0.05, 0.1) is 6.04 Å². The van der Waals surface area contributed by atoms with E-state index in [1.807, 2.05) is 47.7 Å². The summed E-state index contributed by atoms with van der Waals surface area (Å²) in [5.41, 5.74) is 1.01. The molecule has 0 spiro atoms. The van der Waals surface area contributed by atoms with Gasteiger partial charge in [-0.05, 0) is 32.8 Å². The van der Waals surface area contributed by atoms with Crippen molar-refractivity contribution in [3.05, 3.63) is 41.5 Å². The maximum Gasteiger partial charge on any atom is 0.233 e. The lowest BCUT2D eigenvalue weighted by Gasteiger charge is -2.34. The first-order chi connectivity index (χ1) is 11.6. The Kier molecular flexibility index (Phi) is 3.75. The summed E-state index contributed by atoms with van der Waals surface area (Å²) in [6.45, 7) is 5.83. The topological polar surface area (TPSA) is 60.2 Å². The summed E-state index contributed by atoms with van der Waals surface area (Å²) in [5.74, 6) is 2.53. The third-order valence-electron chi connectivity index (χ3n) is 4.96. The van der Waals surface area contributed by atoms with Crippen LogP contribution in [0.2, 0.25) is 0 Å². The fourth-order valence-corrected chi connectivity index (χ4v) is 3.82. The number of nitrogens with zero attached hydrogens (tertiary/aromatic N) is 4. The lowest BCUT2D eigenvalue weighted by atomic mass is 9.97. The lowest BCUT2D eigenvalue weighted by molar-refractivity contribution is -0.134. The van der Waals surface area contributed by atoms with E-state index in [2.05, 4.69) is 10.1 Å². The molecule has 3 heterocycles. The van der Waals surface area contributed by atoms with Crippen LogP contribution in [0.5, 0.6) is 5.75 Å². The number of likely N-dealkylation sites (tertiary alicyclic amines) is 1. The standard InChI is InChI=1S/C18H22N4O2/c1-12-19-13(2)22(20-12)14-6-5-9-21(10-14)18(23)16-11-24-17-8-4-3-7-15(16)17/h3-4,7-8,14,16H,5-6,9-11H2,1-2H3/t14-,16-/m0/s1. The average molecular weight is 326 g/mol. The van der Waals surface area contributed by atoms with E-state index < -0.39 is 0 Å². The molecule has 1 aromatic carbocycles. The predicted molar refractivity (Wildman–Crippen MR) is 89.0 cm³/mol. The predicted octanol–water partition coefficient (Wildman–Crippen LogP) is 2.23. The average Bonchev–Trinajstić information content (AvgIpc) is 3.17. The van der Waals surface area contributed by atoms with Crippen LogP contribution < -0.4 is 4.74 Å². The first-order valence-corrected chi connectivity index (χ1v) is 8.54. The van der Waals surface area contributed by atoms with E-state index >= 15 is 0 Å². The van der Waals surface area contributed by atoms with Gasteiger partial charge in [0, 0.05) is 18.7 Å². The Morgan fingerprint density at radius 1 is 1.29 bits per heavy atom. The highest BCUT2D eigenvalue weighted by atomic mass is 16.5. The molecule has 2 atom stereocenters. The second-order valence-electron chi connectivity index (χ2n) is 6.63. The van der Waals surface area contributed by atoms with Gasteiger partial charge in [-0.2, -0.15) is 5.10 Å².